The van der Waals surface area contributed by atoms with E-state index in [-0.39, 0.29) is 29.8 Å². The molecule has 5 nitrogen and oxygen atoms in total. The van der Waals surface area contributed by atoms with Gasteiger partial charge in [-0.2, -0.15) is 13.2 Å². The van der Waals surface area contributed by atoms with Crippen LogP contribution in [0.3, 0.4) is 0 Å². The first-order valence-electron chi connectivity index (χ1n) is 9.49. The van der Waals surface area contributed by atoms with Crippen molar-refractivity contribution in [3.63, 3.8) is 0 Å². The van der Waals surface area contributed by atoms with E-state index in [1.54, 1.807) is 24.3 Å². The maximum Gasteiger partial charge on any atom is 0.438 e. The van der Waals surface area contributed by atoms with Crippen LogP contribution in [0, 0.1) is 12.5 Å². The number of hydrogen-bond donors (Lipinski definition) is 1. The van der Waals surface area contributed by atoms with Gasteiger partial charge >= 0.3 is 17.8 Å². The van der Waals surface area contributed by atoms with Gasteiger partial charge in [-0.25, -0.2) is 4.85 Å². The van der Waals surface area contributed by atoms with E-state index in [4.69, 9.17) is 16.4 Å². The molecule has 0 aliphatic carbocycles. The number of nitrogens with zero attached hydrogens (tertiary/aromatic N) is 1. The predicted molar refractivity (Wildman–Crippen MR) is 102 cm³/mol. The van der Waals surface area contributed by atoms with E-state index in [1.165, 1.54) is 6.42 Å². The van der Waals surface area contributed by atoms with Crippen LogP contribution in [0.25, 0.3) is 4.85 Å². The molecule has 0 aromatic heterocycles. The van der Waals surface area contributed by atoms with Crippen molar-refractivity contribution in [3.05, 3.63) is 52.7 Å². The molecule has 1 atom stereocenters. The zero-order valence-corrected chi connectivity index (χ0v) is 18.0. The first kappa shape index (κ1) is 27.8. The van der Waals surface area contributed by atoms with Gasteiger partial charge in [-0.15, -0.1) is 0 Å². The Labute approximate surface area is 185 Å². The fourth-order valence-electron chi connectivity index (χ4n) is 2.52. The molecule has 0 fully saturated rings. The predicted octanol–water partition coefficient (Wildman–Crippen LogP) is 5.62. The summed E-state index contributed by atoms with van der Waals surface area (Å²) >= 11 is 0. The van der Waals surface area contributed by atoms with E-state index in [1.807, 2.05) is 0 Å². The largest absolute Gasteiger partial charge is 0.515 e. The van der Waals surface area contributed by atoms with Gasteiger partial charge in [-0.3, -0.25) is 4.79 Å². The molecule has 0 spiro atoms. The molecule has 1 unspecified atom stereocenters. The molecule has 0 aliphatic rings. The van der Waals surface area contributed by atoms with Crippen LogP contribution in [-0.4, -0.2) is 30.5 Å². The van der Waals surface area contributed by atoms with Crippen molar-refractivity contribution >= 4 is 5.97 Å². The fraction of sp³-hybridized carbons (Fsp3) is 0.524. The number of ether oxygens (including phenoxy) is 2. The van der Waals surface area contributed by atoms with Crippen LogP contribution in [0.1, 0.15) is 45.1 Å². The smallest absolute Gasteiger partial charge is 0.438 e. The number of unbranched alkanes of at least 4 members (excludes halogenated alkanes) is 1. The molecule has 0 saturated heterocycles. The summed E-state index contributed by atoms with van der Waals surface area (Å²) in [6, 6.07) is 7.11. The molecule has 0 saturated carbocycles. The van der Waals surface area contributed by atoms with Gasteiger partial charge in [0.25, 0.3) is 0 Å². The van der Waals surface area contributed by atoms with Gasteiger partial charge in [-0.05, 0) is 30.0 Å². The quantitative estimate of drug-likeness (QED) is 0.197. The number of carbonyl (C=O) groups is 1. The van der Waals surface area contributed by atoms with Crippen molar-refractivity contribution in [2.24, 2.45) is 5.92 Å². The number of alkyl halides is 3. The first-order valence-corrected chi connectivity index (χ1v) is 9.49. The van der Waals surface area contributed by atoms with E-state index >= 15 is 0 Å². The average molecular weight is 472 g/mol. The van der Waals surface area contributed by atoms with Crippen LogP contribution < -0.4 is 4.74 Å². The second kappa shape index (κ2) is 13.9. The second-order valence-electron chi connectivity index (χ2n) is 6.56. The first-order chi connectivity index (χ1) is 13.7. The monoisotopic (exact) mass is 472 g/mol. The van der Waals surface area contributed by atoms with Crippen molar-refractivity contribution in [3.8, 4) is 5.75 Å². The van der Waals surface area contributed by atoms with Crippen molar-refractivity contribution in [2.45, 2.75) is 52.1 Å². The molecule has 1 aromatic carbocycles. The fourth-order valence-corrected chi connectivity index (χ4v) is 2.52. The van der Waals surface area contributed by atoms with Gasteiger partial charge in [0.15, 0.2) is 0 Å². The molecule has 0 aliphatic heterocycles. The van der Waals surface area contributed by atoms with Crippen LogP contribution in [0.15, 0.2) is 35.7 Å². The standard InChI is InChI=1S/C21H26F3NO4.Co/c1-4-6-7-15(5-2)14-29-17-10-8-16(9-11-17)12-13-28-20(27)18(25-3)19(26)21(22,23)24;/h8-11,15,26H,4-7,12-14H2,1-2H3;/b19-18+;. The van der Waals surface area contributed by atoms with Gasteiger partial charge < -0.3 is 14.6 Å². The van der Waals surface area contributed by atoms with E-state index < -0.39 is 23.6 Å². The minimum Gasteiger partial charge on any atom is -0.515 e. The number of rotatable bonds is 11. The third kappa shape index (κ3) is 9.54. The summed E-state index contributed by atoms with van der Waals surface area (Å²) in [5.74, 6) is -2.53. The Morgan fingerprint density at radius 2 is 1.87 bits per heavy atom. The van der Waals surface area contributed by atoms with E-state index in [9.17, 15) is 18.0 Å². The Morgan fingerprint density at radius 3 is 2.37 bits per heavy atom. The van der Waals surface area contributed by atoms with Gasteiger partial charge in [0.2, 0.25) is 5.76 Å². The van der Waals surface area contributed by atoms with Gasteiger partial charge in [-0.1, -0.05) is 45.2 Å². The Kier molecular flexibility index (Phi) is 12.9. The van der Waals surface area contributed by atoms with Crippen molar-refractivity contribution in [1.29, 1.82) is 0 Å². The van der Waals surface area contributed by atoms with Gasteiger partial charge in [0.1, 0.15) is 5.75 Å². The van der Waals surface area contributed by atoms with Gasteiger partial charge in [0, 0.05) is 23.2 Å². The van der Waals surface area contributed by atoms with Crippen molar-refractivity contribution < 1.29 is 49.3 Å². The number of hydrogen-bond acceptors (Lipinski definition) is 4. The molecule has 0 heterocycles. The number of aliphatic hydroxyl groups is 1. The summed E-state index contributed by atoms with van der Waals surface area (Å²) < 4.78 is 47.7. The van der Waals surface area contributed by atoms with Gasteiger partial charge in [0.05, 0.1) is 19.8 Å². The van der Waals surface area contributed by atoms with E-state index in [2.05, 4.69) is 23.4 Å². The summed E-state index contributed by atoms with van der Waals surface area (Å²) in [4.78, 5) is 14.0. The topological polar surface area (TPSA) is 60.1 Å². The Balaban J connectivity index is 0.00000841. The molecule has 1 radical (unpaired) electrons. The van der Waals surface area contributed by atoms with Crippen LogP contribution in [0.5, 0.6) is 5.75 Å². The zero-order valence-electron chi connectivity index (χ0n) is 16.9. The maximum absolute atomic E-state index is 12.4. The van der Waals surface area contributed by atoms with Crippen LogP contribution in [0.4, 0.5) is 13.2 Å². The van der Waals surface area contributed by atoms with Crippen LogP contribution in [0.2, 0.25) is 0 Å². The number of halogens is 3. The van der Waals surface area contributed by atoms with E-state index in [0.29, 0.717) is 18.3 Å². The normalized spacial score (nSPS) is 12.8. The van der Waals surface area contributed by atoms with Crippen molar-refractivity contribution in [1.82, 2.24) is 0 Å². The minimum absolute atomic E-state index is 0. The Morgan fingerprint density at radius 1 is 1.23 bits per heavy atom. The summed E-state index contributed by atoms with van der Waals surface area (Å²) in [7, 11) is 0. The Bertz CT molecular complexity index is 727. The summed E-state index contributed by atoms with van der Waals surface area (Å²) in [6.07, 6.45) is -0.431. The molecule has 9 heteroatoms. The molecule has 1 rings (SSSR count). The summed E-state index contributed by atoms with van der Waals surface area (Å²) in [5, 5.41) is 8.94. The molecular formula is C21H26CoF3NO4. The van der Waals surface area contributed by atoms with Crippen LogP contribution >= 0.6 is 0 Å². The van der Waals surface area contributed by atoms with E-state index in [0.717, 1.165) is 24.8 Å². The number of aliphatic hydroxyl groups excluding tert-OH is 1. The van der Waals surface area contributed by atoms with Crippen molar-refractivity contribution in [2.75, 3.05) is 13.2 Å². The summed E-state index contributed by atoms with van der Waals surface area (Å²) in [5.41, 5.74) is -0.689. The maximum atomic E-state index is 12.4. The third-order valence-corrected chi connectivity index (χ3v) is 4.37. The van der Waals surface area contributed by atoms with Crippen LogP contribution in [-0.2, 0) is 32.7 Å². The minimum atomic E-state index is -5.18. The SMILES string of the molecule is [C-]#[N+]/C(C(=O)OCCc1ccc(OCC(CC)CCCC)cc1)=C(/O)C(F)(F)F.[Co]. The zero-order chi connectivity index (χ0) is 21.9. The molecule has 1 N–H and O–H groups in total. The molecule has 0 amide bonds. The number of esters is 1. The second-order valence-corrected chi connectivity index (χ2v) is 6.56. The average Bonchev–Trinajstić information content (AvgIpc) is 2.69. The molecule has 169 valence electrons. The Hall–Kier alpha value is -2.18. The molecule has 1 aromatic rings. The number of carbonyl (C=O) groups excluding carboxylic acids is 1. The molecule has 30 heavy (non-hydrogen) atoms. The molecular weight excluding hydrogens is 446 g/mol. The third-order valence-electron chi connectivity index (χ3n) is 4.37. The summed E-state index contributed by atoms with van der Waals surface area (Å²) in [6.45, 7) is 11.3. The number of allylic oxidation sites excluding steroid dienone is 1. The number of benzene rings is 1. The molecule has 0 bridgehead atoms.